The van der Waals surface area contributed by atoms with Crippen LogP contribution in [0, 0.1) is 19.3 Å². The van der Waals surface area contributed by atoms with Crippen LogP contribution in [0.1, 0.15) is 15.9 Å². The molecule has 0 aliphatic rings. The van der Waals surface area contributed by atoms with Crippen molar-refractivity contribution in [3.8, 4) is 39.3 Å². The highest BCUT2D eigenvalue weighted by Crippen LogP contribution is 2.49. The molecule has 0 atom stereocenters. The van der Waals surface area contributed by atoms with Gasteiger partial charge in [0.2, 0.25) is 5.00 Å². The molecule has 2 N–H and O–H groups in total. The van der Waals surface area contributed by atoms with Crippen LogP contribution in [0.15, 0.2) is 101 Å². The van der Waals surface area contributed by atoms with Gasteiger partial charge in [-0.1, -0.05) is 54.1 Å². The smallest absolute Gasteiger partial charge is 0.335 e. The van der Waals surface area contributed by atoms with Gasteiger partial charge in [-0.3, -0.25) is 0 Å². The van der Waals surface area contributed by atoms with Gasteiger partial charge in [0.25, 0.3) is 10.0 Å². The highest BCUT2D eigenvalue weighted by molar-refractivity contribution is 7.90. The summed E-state index contributed by atoms with van der Waals surface area (Å²) in [6.45, 7) is 9.57. The van der Waals surface area contributed by atoms with Gasteiger partial charge in [0.1, 0.15) is 17.1 Å². The second-order valence-electron chi connectivity index (χ2n) is 9.84. The Kier molecular flexibility index (Phi) is 6.85. The number of thiophene rings is 1. The topological polar surface area (TPSA) is 101 Å². The van der Waals surface area contributed by atoms with Gasteiger partial charge in [0.15, 0.2) is 0 Å². The van der Waals surface area contributed by atoms with Gasteiger partial charge in [-0.15, -0.1) is 0 Å². The first-order valence-corrected chi connectivity index (χ1v) is 15.2. The second kappa shape index (κ2) is 10.5. The van der Waals surface area contributed by atoms with E-state index in [1.165, 1.54) is 35.6 Å². The highest BCUT2D eigenvalue weighted by atomic mass is 32.2. The van der Waals surface area contributed by atoms with Crippen LogP contribution in [0.4, 0.5) is 9.39 Å². The number of aromatic carboxylic acids is 1. The van der Waals surface area contributed by atoms with Crippen LogP contribution in [0.3, 0.4) is 0 Å². The van der Waals surface area contributed by atoms with Crippen LogP contribution in [0.2, 0.25) is 0 Å². The van der Waals surface area contributed by atoms with Crippen molar-refractivity contribution in [3.05, 3.63) is 125 Å². The number of halogens is 1. The Bertz CT molecular complexity index is 2210. The summed E-state index contributed by atoms with van der Waals surface area (Å²) in [5, 5.41) is 22.5. The maximum absolute atomic E-state index is 14.9. The third kappa shape index (κ3) is 4.74. The zero-order chi connectivity index (χ0) is 30.5. The predicted molar refractivity (Wildman–Crippen MR) is 165 cm³/mol. The lowest BCUT2D eigenvalue weighted by Gasteiger charge is -2.15. The van der Waals surface area contributed by atoms with Crippen LogP contribution >= 0.6 is 11.3 Å². The molecule has 2 aromatic heterocycles. The number of benzene rings is 4. The number of rotatable bonds is 6. The van der Waals surface area contributed by atoms with Gasteiger partial charge in [-0.2, -0.15) is 11.3 Å². The minimum atomic E-state index is -4.38. The van der Waals surface area contributed by atoms with Crippen LogP contribution in [0.25, 0.3) is 49.3 Å². The molecule has 0 saturated heterocycles. The fourth-order valence-electron chi connectivity index (χ4n) is 5.15. The summed E-state index contributed by atoms with van der Waals surface area (Å²) in [5.74, 6) is -2.40. The van der Waals surface area contributed by atoms with Crippen molar-refractivity contribution in [2.24, 2.45) is 0 Å². The van der Waals surface area contributed by atoms with Gasteiger partial charge in [-0.25, -0.2) is 26.4 Å². The van der Waals surface area contributed by atoms with E-state index in [-0.39, 0.29) is 37.6 Å². The number of hydrogen-bond donors (Lipinski definition) is 2. The molecule has 6 aromatic rings. The van der Waals surface area contributed by atoms with E-state index in [4.69, 9.17) is 6.57 Å². The number of carbonyl (C=O) groups is 1. The molecular formula is C33H21FN2O5S2. The van der Waals surface area contributed by atoms with Crippen molar-refractivity contribution in [2.45, 2.75) is 11.8 Å². The zero-order valence-corrected chi connectivity index (χ0v) is 24.1. The Morgan fingerprint density at radius 1 is 0.930 bits per heavy atom. The molecular weight excluding hydrogens is 588 g/mol. The molecule has 2 heterocycles. The average Bonchev–Trinajstić information content (AvgIpc) is 3.60. The summed E-state index contributed by atoms with van der Waals surface area (Å²) in [6.07, 6.45) is 0. The van der Waals surface area contributed by atoms with Gasteiger partial charge < -0.3 is 10.2 Å². The van der Waals surface area contributed by atoms with Crippen molar-refractivity contribution < 1.29 is 27.8 Å². The van der Waals surface area contributed by atoms with Crippen molar-refractivity contribution in [3.63, 3.8) is 0 Å². The third-order valence-electron chi connectivity index (χ3n) is 7.14. The Labute approximate surface area is 250 Å². The Morgan fingerprint density at radius 2 is 1.63 bits per heavy atom. The zero-order valence-electron chi connectivity index (χ0n) is 22.4. The number of aromatic nitrogens is 1. The molecule has 0 radical (unpaired) electrons. The minimum absolute atomic E-state index is 0.0392. The Hall–Kier alpha value is -5.24. The van der Waals surface area contributed by atoms with Crippen LogP contribution in [0.5, 0.6) is 5.75 Å². The number of aromatic hydroxyl groups is 1. The average molecular weight is 609 g/mol. The normalized spacial score (nSPS) is 11.5. The predicted octanol–water partition coefficient (Wildman–Crippen LogP) is 8.34. The summed E-state index contributed by atoms with van der Waals surface area (Å²) >= 11 is 1.17. The summed E-state index contributed by atoms with van der Waals surface area (Å²) in [6, 6.07) is 23.2. The number of phenolic OH excluding ortho intramolecular Hbond substituents is 1. The number of aryl methyl sites for hydroxylation is 1. The number of carboxylic acid groups (broad SMARTS) is 1. The lowest BCUT2D eigenvalue weighted by atomic mass is 9.96. The molecule has 0 aliphatic carbocycles. The first-order chi connectivity index (χ1) is 20.6. The number of fused-ring (bicyclic) bond motifs is 1. The fourth-order valence-corrected chi connectivity index (χ4v) is 7.39. The van der Waals surface area contributed by atoms with Gasteiger partial charge in [-0.05, 0) is 59.8 Å². The van der Waals surface area contributed by atoms with E-state index >= 15 is 0 Å². The lowest BCUT2D eigenvalue weighted by molar-refractivity contribution is 0.0697. The summed E-state index contributed by atoms with van der Waals surface area (Å²) in [4.78, 5) is 15.0. The molecule has 6 rings (SSSR count). The maximum Gasteiger partial charge on any atom is 0.335 e. The van der Waals surface area contributed by atoms with E-state index in [0.29, 0.717) is 22.3 Å². The van der Waals surface area contributed by atoms with E-state index in [2.05, 4.69) is 4.85 Å². The van der Waals surface area contributed by atoms with E-state index in [1.54, 1.807) is 60.0 Å². The van der Waals surface area contributed by atoms with E-state index < -0.39 is 27.6 Å². The molecule has 212 valence electrons. The molecule has 0 saturated carbocycles. The minimum Gasteiger partial charge on any atom is -0.506 e. The quantitative estimate of drug-likeness (QED) is 0.185. The lowest BCUT2D eigenvalue weighted by Crippen LogP contribution is -2.14. The van der Waals surface area contributed by atoms with Gasteiger partial charge in [0, 0.05) is 28.1 Å². The molecule has 0 spiro atoms. The Morgan fingerprint density at radius 3 is 2.30 bits per heavy atom. The van der Waals surface area contributed by atoms with E-state index in [1.807, 2.05) is 6.92 Å². The molecule has 0 bridgehead atoms. The molecule has 4 aromatic carbocycles. The molecule has 43 heavy (non-hydrogen) atoms. The van der Waals surface area contributed by atoms with Gasteiger partial charge >= 0.3 is 5.97 Å². The van der Waals surface area contributed by atoms with Crippen molar-refractivity contribution in [1.29, 1.82) is 0 Å². The van der Waals surface area contributed by atoms with E-state index in [0.717, 1.165) is 21.7 Å². The van der Waals surface area contributed by atoms with Crippen molar-refractivity contribution >= 4 is 43.2 Å². The second-order valence-corrected chi connectivity index (χ2v) is 12.5. The first-order valence-electron chi connectivity index (χ1n) is 12.9. The van der Waals surface area contributed by atoms with Crippen LogP contribution in [-0.2, 0) is 10.0 Å². The van der Waals surface area contributed by atoms with E-state index in [9.17, 15) is 27.8 Å². The van der Waals surface area contributed by atoms with Gasteiger partial charge in [0.05, 0.1) is 22.7 Å². The summed E-state index contributed by atoms with van der Waals surface area (Å²) < 4.78 is 44.7. The standard InChI is InChI=1S/C33H21FN2O5S2/c1-19-6-12-25(13-7-19)43(40,41)36-30(23-5-3-4-22(16-23)20-8-10-21(11-9-20)33(38)39)29(26-14-15-42-32(26)35-2)27-17-24(34)18-28(37)31(27)36/h3-18,37H,1H3,(H,38,39). The van der Waals surface area contributed by atoms with Crippen molar-refractivity contribution in [1.82, 2.24) is 3.97 Å². The SMILES string of the molecule is [C-]#[N+]c1sccc1-c1c(-c2cccc(-c3ccc(C(=O)O)cc3)c2)n(S(=O)(=O)c2ccc(C)cc2)c2c(O)cc(F)cc12. The molecule has 0 fully saturated rings. The highest BCUT2D eigenvalue weighted by Gasteiger charge is 2.32. The number of nitrogens with zero attached hydrogens (tertiary/aromatic N) is 2. The maximum atomic E-state index is 14.9. The third-order valence-corrected chi connectivity index (χ3v) is 9.66. The monoisotopic (exact) mass is 608 g/mol. The molecule has 0 unspecified atom stereocenters. The number of phenols is 1. The largest absolute Gasteiger partial charge is 0.506 e. The fraction of sp³-hybridized carbons (Fsp3) is 0.0303. The molecule has 0 aliphatic heterocycles. The molecule has 7 nitrogen and oxygen atoms in total. The van der Waals surface area contributed by atoms with Crippen LogP contribution < -0.4 is 0 Å². The molecule has 10 heteroatoms. The summed E-state index contributed by atoms with van der Waals surface area (Å²) in [7, 11) is -4.38. The first kappa shape index (κ1) is 27.9. The number of carboxylic acids is 1. The number of hydrogen-bond acceptors (Lipinski definition) is 5. The van der Waals surface area contributed by atoms with Crippen molar-refractivity contribution in [2.75, 3.05) is 0 Å². The van der Waals surface area contributed by atoms with Crippen LogP contribution in [-0.4, -0.2) is 28.6 Å². The molecule has 0 amide bonds. The summed E-state index contributed by atoms with van der Waals surface area (Å²) in [5.41, 5.74) is 3.44. The Balaban J connectivity index is 1.74.